The third-order valence-corrected chi connectivity index (χ3v) is 1.58. The topological polar surface area (TPSA) is 44.8 Å². The molecular weight excluding hydrogens is 160 g/mol. The first kappa shape index (κ1) is 9.48. The first-order chi connectivity index (χ1) is 5.68. The maximum atomic E-state index is 10.7. The molecule has 0 aromatic rings. The normalized spacial score (nSPS) is 20.8. The van der Waals surface area contributed by atoms with Crippen LogP contribution in [-0.4, -0.2) is 25.2 Å². The molecule has 0 N–H and O–H groups in total. The summed E-state index contributed by atoms with van der Waals surface area (Å²) in [7, 11) is 0. The molecule has 1 saturated heterocycles. The maximum Gasteiger partial charge on any atom is 0.329 e. The van der Waals surface area contributed by atoms with Crippen molar-refractivity contribution in [2.24, 2.45) is 0 Å². The van der Waals surface area contributed by atoms with Gasteiger partial charge in [-0.15, -0.1) is 0 Å². The lowest BCUT2D eigenvalue weighted by atomic mass is 10.3. The molecule has 12 heavy (non-hydrogen) atoms. The Kier molecular flexibility index (Phi) is 3.05. The van der Waals surface area contributed by atoms with Gasteiger partial charge in [0.05, 0.1) is 13.2 Å². The number of rotatable bonds is 3. The molecule has 0 bridgehead atoms. The highest BCUT2D eigenvalue weighted by Crippen LogP contribution is 2.26. The molecule has 1 heterocycles. The fraction of sp³-hybridized carbons (Fsp3) is 0.875. The van der Waals surface area contributed by atoms with Crippen LogP contribution in [0, 0.1) is 0 Å². The molecule has 4 nitrogen and oxygen atoms in total. The van der Waals surface area contributed by atoms with E-state index in [2.05, 4.69) is 0 Å². The Morgan fingerprint density at radius 3 is 2.50 bits per heavy atom. The van der Waals surface area contributed by atoms with E-state index in [1.54, 1.807) is 0 Å². The van der Waals surface area contributed by atoms with Crippen LogP contribution in [0.2, 0.25) is 0 Å². The van der Waals surface area contributed by atoms with Crippen molar-refractivity contribution in [3.63, 3.8) is 0 Å². The van der Waals surface area contributed by atoms with Crippen LogP contribution in [0.3, 0.4) is 0 Å². The number of hydrogen-bond donors (Lipinski definition) is 0. The Morgan fingerprint density at radius 1 is 1.50 bits per heavy atom. The Balaban J connectivity index is 2.52. The Hall–Kier alpha value is -0.610. The highest BCUT2D eigenvalue weighted by molar-refractivity contribution is 5.66. The summed E-state index contributed by atoms with van der Waals surface area (Å²) in [5.41, 5.74) is 0. The van der Waals surface area contributed by atoms with Crippen LogP contribution in [0.15, 0.2) is 0 Å². The lowest BCUT2D eigenvalue weighted by Crippen LogP contribution is -2.35. The lowest BCUT2D eigenvalue weighted by Gasteiger charge is -2.25. The summed E-state index contributed by atoms with van der Waals surface area (Å²) in [6.45, 7) is 4.32. The predicted octanol–water partition coefficient (Wildman–Crippen LogP) is 1.05. The third kappa shape index (κ3) is 2.19. The van der Waals surface area contributed by atoms with Crippen LogP contribution >= 0.6 is 0 Å². The van der Waals surface area contributed by atoms with Crippen molar-refractivity contribution in [1.29, 1.82) is 0 Å². The van der Waals surface area contributed by atoms with E-state index in [9.17, 15) is 4.79 Å². The van der Waals surface area contributed by atoms with Gasteiger partial charge in [-0.3, -0.25) is 4.79 Å². The number of carbonyl (C=O) groups excluding carboxylic acids is 1. The Labute approximate surface area is 71.8 Å². The first-order valence-electron chi connectivity index (χ1n) is 4.16. The van der Waals surface area contributed by atoms with Crippen molar-refractivity contribution < 1.29 is 19.0 Å². The van der Waals surface area contributed by atoms with Crippen molar-refractivity contribution >= 4 is 5.97 Å². The molecular formula is C8H14O4. The largest absolute Gasteiger partial charge is 0.408 e. The van der Waals surface area contributed by atoms with Gasteiger partial charge in [0.2, 0.25) is 0 Å². The Bertz CT molecular complexity index is 160. The number of ether oxygens (including phenoxy) is 3. The van der Waals surface area contributed by atoms with Crippen LogP contribution in [0.25, 0.3) is 0 Å². The molecule has 0 aliphatic carbocycles. The van der Waals surface area contributed by atoms with E-state index in [-0.39, 0.29) is 5.97 Å². The average molecular weight is 174 g/mol. The van der Waals surface area contributed by atoms with E-state index in [4.69, 9.17) is 14.2 Å². The van der Waals surface area contributed by atoms with Gasteiger partial charge in [-0.1, -0.05) is 6.92 Å². The maximum absolute atomic E-state index is 10.7. The summed E-state index contributed by atoms with van der Waals surface area (Å²) >= 11 is 0. The fourth-order valence-corrected chi connectivity index (χ4v) is 1.22. The molecule has 0 radical (unpaired) electrons. The van der Waals surface area contributed by atoms with Gasteiger partial charge < -0.3 is 14.2 Å². The van der Waals surface area contributed by atoms with Crippen LogP contribution in [0.1, 0.15) is 26.7 Å². The molecule has 0 unspecified atom stereocenters. The second kappa shape index (κ2) is 3.87. The molecule has 4 heteroatoms. The van der Waals surface area contributed by atoms with E-state index in [0.717, 1.165) is 6.42 Å². The van der Waals surface area contributed by atoms with Gasteiger partial charge in [0, 0.05) is 13.3 Å². The summed E-state index contributed by atoms with van der Waals surface area (Å²) in [6, 6.07) is 0. The third-order valence-electron chi connectivity index (χ3n) is 1.58. The standard InChI is InChI=1S/C8H14O4/c1-3-4-8(12-7(2)9)10-5-6-11-8/h3-6H2,1-2H3. The smallest absolute Gasteiger partial charge is 0.329 e. The summed E-state index contributed by atoms with van der Waals surface area (Å²) in [6.07, 6.45) is 1.44. The van der Waals surface area contributed by atoms with Crippen LogP contribution in [0.5, 0.6) is 0 Å². The van der Waals surface area contributed by atoms with Crippen molar-refractivity contribution in [3.05, 3.63) is 0 Å². The lowest BCUT2D eigenvalue weighted by molar-refractivity contribution is -0.315. The van der Waals surface area contributed by atoms with E-state index in [1.165, 1.54) is 6.92 Å². The molecule has 0 saturated carbocycles. The number of esters is 1. The molecule has 1 rings (SSSR count). The van der Waals surface area contributed by atoms with Gasteiger partial charge in [0.1, 0.15) is 0 Å². The highest BCUT2D eigenvalue weighted by atomic mass is 16.9. The minimum absolute atomic E-state index is 0.370. The molecule has 0 atom stereocenters. The van der Waals surface area contributed by atoms with Crippen LogP contribution < -0.4 is 0 Å². The molecule has 0 amide bonds. The van der Waals surface area contributed by atoms with Crippen LogP contribution in [-0.2, 0) is 19.0 Å². The second-order valence-corrected chi connectivity index (χ2v) is 2.72. The van der Waals surface area contributed by atoms with E-state index in [0.29, 0.717) is 19.6 Å². The minimum Gasteiger partial charge on any atom is -0.408 e. The van der Waals surface area contributed by atoms with E-state index >= 15 is 0 Å². The van der Waals surface area contributed by atoms with Crippen molar-refractivity contribution in [3.8, 4) is 0 Å². The second-order valence-electron chi connectivity index (χ2n) is 2.72. The number of carbonyl (C=O) groups is 1. The van der Waals surface area contributed by atoms with Crippen molar-refractivity contribution in [2.75, 3.05) is 13.2 Å². The molecule has 1 fully saturated rings. The summed E-state index contributed by atoms with van der Waals surface area (Å²) in [5.74, 6) is -1.45. The SMILES string of the molecule is CCCC1(OC(C)=O)OCCO1. The van der Waals surface area contributed by atoms with Crippen LogP contribution in [0.4, 0.5) is 0 Å². The van der Waals surface area contributed by atoms with Gasteiger partial charge in [-0.05, 0) is 6.42 Å². The highest BCUT2D eigenvalue weighted by Gasteiger charge is 2.39. The monoisotopic (exact) mass is 174 g/mol. The zero-order valence-electron chi connectivity index (χ0n) is 7.46. The molecule has 0 spiro atoms. The zero-order valence-corrected chi connectivity index (χ0v) is 7.46. The van der Waals surface area contributed by atoms with Gasteiger partial charge >= 0.3 is 11.9 Å². The summed E-state index contributed by atoms with van der Waals surface area (Å²) in [5, 5.41) is 0. The number of hydrogen-bond acceptors (Lipinski definition) is 4. The molecule has 0 aromatic heterocycles. The molecule has 70 valence electrons. The van der Waals surface area contributed by atoms with E-state index < -0.39 is 5.97 Å². The summed E-state index contributed by atoms with van der Waals surface area (Å²) < 4.78 is 15.4. The first-order valence-corrected chi connectivity index (χ1v) is 4.16. The zero-order chi connectivity index (χ0) is 9.03. The molecule has 0 aromatic carbocycles. The average Bonchev–Trinajstić information content (AvgIpc) is 2.36. The van der Waals surface area contributed by atoms with Crippen molar-refractivity contribution in [2.45, 2.75) is 32.7 Å². The predicted molar refractivity (Wildman–Crippen MR) is 41.3 cm³/mol. The van der Waals surface area contributed by atoms with E-state index in [1.807, 2.05) is 6.92 Å². The van der Waals surface area contributed by atoms with Gasteiger partial charge in [0.25, 0.3) is 0 Å². The van der Waals surface area contributed by atoms with Crippen molar-refractivity contribution in [1.82, 2.24) is 0 Å². The van der Waals surface area contributed by atoms with Gasteiger partial charge in [-0.25, -0.2) is 0 Å². The fourth-order valence-electron chi connectivity index (χ4n) is 1.22. The molecule has 1 aliphatic rings. The summed E-state index contributed by atoms with van der Waals surface area (Å²) in [4.78, 5) is 10.7. The molecule has 1 aliphatic heterocycles. The van der Waals surface area contributed by atoms with Gasteiger partial charge in [-0.2, -0.15) is 0 Å². The minimum atomic E-state index is -1.08. The quantitative estimate of drug-likeness (QED) is 0.600. The van der Waals surface area contributed by atoms with Gasteiger partial charge in [0.15, 0.2) is 0 Å². The Morgan fingerprint density at radius 2 is 2.08 bits per heavy atom.